The highest BCUT2D eigenvalue weighted by Crippen LogP contribution is 2.32. The van der Waals surface area contributed by atoms with Gasteiger partial charge in [-0.25, -0.2) is 17.5 Å². The first kappa shape index (κ1) is 20.7. The van der Waals surface area contributed by atoms with E-state index in [1.807, 2.05) is 30.3 Å². The number of hydrogen-bond acceptors (Lipinski definition) is 4. The Labute approximate surface area is 186 Å². The summed E-state index contributed by atoms with van der Waals surface area (Å²) < 4.78 is 43.5. The third kappa shape index (κ3) is 3.55. The van der Waals surface area contributed by atoms with Crippen molar-refractivity contribution in [3.63, 3.8) is 0 Å². The molecule has 0 radical (unpaired) electrons. The monoisotopic (exact) mass is 450 g/mol. The SMILES string of the molecule is NCc1cccc(-n2ncc3ccc(-c4ccc(N5CCCCS5(=O)=O)cc4)c(F)c32)c1. The number of nitrogens with zero attached hydrogens (tertiary/aromatic N) is 3. The lowest BCUT2D eigenvalue weighted by atomic mass is 10.0. The predicted octanol–water partition coefficient (Wildman–Crippen LogP) is 4.22. The molecule has 0 spiro atoms. The first-order valence-corrected chi connectivity index (χ1v) is 12.2. The van der Waals surface area contributed by atoms with Crippen LogP contribution in [-0.4, -0.2) is 30.5 Å². The smallest absolute Gasteiger partial charge is 0.235 e. The minimum Gasteiger partial charge on any atom is -0.326 e. The van der Waals surface area contributed by atoms with E-state index in [0.717, 1.165) is 17.7 Å². The summed E-state index contributed by atoms with van der Waals surface area (Å²) in [5.41, 5.74) is 9.53. The molecule has 1 saturated heterocycles. The van der Waals surface area contributed by atoms with Gasteiger partial charge in [0.2, 0.25) is 10.0 Å². The highest BCUT2D eigenvalue weighted by molar-refractivity contribution is 7.92. The summed E-state index contributed by atoms with van der Waals surface area (Å²) in [5.74, 6) is -0.216. The standard InChI is InChI=1S/C24H23FN4O2S/c25-23-22(18-6-9-20(10-7-18)28-12-1-2-13-32(28,30)31)11-8-19-16-27-29(24(19)23)21-5-3-4-17(14-21)15-26/h3-11,14,16H,1-2,12-13,15,26H2. The van der Waals surface area contributed by atoms with E-state index in [2.05, 4.69) is 5.10 Å². The number of sulfonamides is 1. The van der Waals surface area contributed by atoms with Crippen molar-refractivity contribution in [1.82, 2.24) is 9.78 Å². The molecule has 0 amide bonds. The van der Waals surface area contributed by atoms with Gasteiger partial charge in [-0.05, 0) is 48.2 Å². The molecule has 5 rings (SSSR count). The van der Waals surface area contributed by atoms with E-state index < -0.39 is 10.0 Å². The topological polar surface area (TPSA) is 81.2 Å². The van der Waals surface area contributed by atoms with Gasteiger partial charge in [-0.2, -0.15) is 5.10 Å². The van der Waals surface area contributed by atoms with Crippen LogP contribution in [-0.2, 0) is 16.6 Å². The largest absolute Gasteiger partial charge is 0.326 e. The van der Waals surface area contributed by atoms with E-state index in [0.29, 0.717) is 47.2 Å². The summed E-state index contributed by atoms with van der Waals surface area (Å²) in [4.78, 5) is 0. The van der Waals surface area contributed by atoms with E-state index >= 15 is 4.39 Å². The molecule has 8 heteroatoms. The number of anilines is 1. The van der Waals surface area contributed by atoms with Gasteiger partial charge in [-0.15, -0.1) is 0 Å². The Balaban J connectivity index is 1.56. The van der Waals surface area contributed by atoms with Crippen LogP contribution in [0.5, 0.6) is 0 Å². The van der Waals surface area contributed by atoms with Crippen molar-refractivity contribution in [2.24, 2.45) is 5.73 Å². The molecule has 32 heavy (non-hydrogen) atoms. The van der Waals surface area contributed by atoms with Crippen molar-refractivity contribution in [3.8, 4) is 16.8 Å². The molecule has 6 nitrogen and oxygen atoms in total. The molecule has 4 aromatic rings. The first-order chi connectivity index (χ1) is 15.5. The maximum Gasteiger partial charge on any atom is 0.235 e. The molecule has 3 aromatic carbocycles. The van der Waals surface area contributed by atoms with Crippen molar-refractivity contribution < 1.29 is 12.8 Å². The number of benzene rings is 3. The van der Waals surface area contributed by atoms with E-state index in [-0.39, 0.29) is 11.6 Å². The van der Waals surface area contributed by atoms with Gasteiger partial charge >= 0.3 is 0 Å². The van der Waals surface area contributed by atoms with Gasteiger partial charge < -0.3 is 5.73 Å². The van der Waals surface area contributed by atoms with Crippen molar-refractivity contribution in [2.45, 2.75) is 19.4 Å². The van der Waals surface area contributed by atoms with Gasteiger partial charge in [0, 0.05) is 24.0 Å². The summed E-state index contributed by atoms with van der Waals surface area (Å²) in [6.07, 6.45) is 3.16. The van der Waals surface area contributed by atoms with Crippen molar-refractivity contribution >= 4 is 26.6 Å². The molecule has 0 saturated carbocycles. The number of fused-ring (bicyclic) bond motifs is 1. The second kappa shape index (κ2) is 8.03. The van der Waals surface area contributed by atoms with Crippen LogP contribution >= 0.6 is 0 Å². The number of nitrogens with two attached hydrogens (primary N) is 1. The first-order valence-electron chi connectivity index (χ1n) is 10.5. The van der Waals surface area contributed by atoms with Crippen molar-refractivity contribution in [2.75, 3.05) is 16.6 Å². The third-order valence-corrected chi connectivity index (χ3v) is 7.75. The van der Waals surface area contributed by atoms with Gasteiger partial charge in [-0.1, -0.05) is 36.4 Å². The van der Waals surface area contributed by atoms with E-state index in [1.54, 1.807) is 41.2 Å². The molecule has 0 atom stereocenters. The number of aromatic nitrogens is 2. The molecule has 0 unspecified atom stereocenters. The Bertz CT molecular complexity index is 1400. The van der Waals surface area contributed by atoms with Crippen LogP contribution in [0.25, 0.3) is 27.7 Å². The average Bonchev–Trinajstić information content (AvgIpc) is 3.25. The van der Waals surface area contributed by atoms with E-state index in [4.69, 9.17) is 5.73 Å². The second-order valence-corrected chi connectivity index (χ2v) is 9.95. The molecule has 0 bridgehead atoms. The summed E-state index contributed by atoms with van der Waals surface area (Å²) in [6, 6.07) is 18.1. The Morgan fingerprint density at radius 2 is 1.81 bits per heavy atom. The van der Waals surface area contributed by atoms with E-state index in [9.17, 15) is 8.42 Å². The van der Waals surface area contributed by atoms with Gasteiger partial charge in [0.15, 0.2) is 5.82 Å². The highest BCUT2D eigenvalue weighted by atomic mass is 32.2. The molecule has 2 N–H and O–H groups in total. The summed E-state index contributed by atoms with van der Waals surface area (Å²) in [6.45, 7) is 0.864. The van der Waals surface area contributed by atoms with Gasteiger partial charge in [0.05, 0.1) is 23.3 Å². The Morgan fingerprint density at radius 3 is 2.56 bits per heavy atom. The lowest BCUT2D eigenvalue weighted by molar-refractivity contribution is 0.574. The van der Waals surface area contributed by atoms with Crippen LogP contribution < -0.4 is 10.0 Å². The van der Waals surface area contributed by atoms with Crippen LogP contribution in [0.2, 0.25) is 0 Å². The molecular weight excluding hydrogens is 427 g/mol. The van der Waals surface area contributed by atoms with Crippen LogP contribution in [0.15, 0.2) is 66.9 Å². The van der Waals surface area contributed by atoms with Crippen molar-refractivity contribution in [1.29, 1.82) is 0 Å². The minimum absolute atomic E-state index is 0.162. The normalized spacial score (nSPS) is 15.9. The predicted molar refractivity (Wildman–Crippen MR) is 125 cm³/mol. The van der Waals surface area contributed by atoms with Crippen molar-refractivity contribution in [3.05, 3.63) is 78.2 Å². The average molecular weight is 451 g/mol. The summed E-state index contributed by atoms with van der Waals surface area (Å²) >= 11 is 0. The van der Waals surface area contributed by atoms with Crippen LogP contribution in [0, 0.1) is 5.82 Å². The van der Waals surface area contributed by atoms with Gasteiger partial charge in [-0.3, -0.25) is 4.31 Å². The fourth-order valence-corrected chi connectivity index (χ4v) is 5.84. The number of rotatable bonds is 4. The molecule has 1 aliphatic rings. The van der Waals surface area contributed by atoms with Crippen LogP contribution in [0.3, 0.4) is 0 Å². The molecule has 0 aliphatic carbocycles. The maximum atomic E-state index is 15.7. The zero-order valence-electron chi connectivity index (χ0n) is 17.4. The fraction of sp³-hybridized carbons (Fsp3) is 0.208. The fourth-order valence-electron chi connectivity index (χ4n) is 4.20. The molecule has 164 valence electrons. The maximum absolute atomic E-state index is 15.7. The molecule has 1 aromatic heterocycles. The third-order valence-electron chi connectivity index (χ3n) is 5.88. The second-order valence-electron chi connectivity index (χ2n) is 7.94. The molecule has 2 heterocycles. The van der Waals surface area contributed by atoms with Gasteiger partial charge in [0.25, 0.3) is 0 Å². The molecule has 1 aliphatic heterocycles. The zero-order chi connectivity index (χ0) is 22.3. The minimum atomic E-state index is -3.29. The van der Waals surface area contributed by atoms with Crippen LogP contribution in [0.4, 0.5) is 10.1 Å². The lowest BCUT2D eigenvalue weighted by Crippen LogP contribution is -2.37. The number of hydrogen-bond donors (Lipinski definition) is 1. The number of halogens is 1. The highest BCUT2D eigenvalue weighted by Gasteiger charge is 2.26. The van der Waals surface area contributed by atoms with Gasteiger partial charge in [0.1, 0.15) is 5.52 Å². The molecular formula is C24H23FN4O2S. The lowest BCUT2D eigenvalue weighted by Gasteiger charge is -2.28. The molecule has 1 fully saturated rings. The quantitative estimate of drug-likeness (QED) is 0.505. The van der Waals surface area contributed by atoms with E-state index in [1.165, 1.54) is 4.31 Å². The Morgan fingerprint density at radius 1 is 1.00 bits per heavy atom. The summed E-state index contributed by atoms with van der Waals surface area (Å²) in [5, 5.41) is 5.09. The summed E-state index contributed by atoms with van der Waals surface area (Å²) in [7, 11) is -3.29. The Hall–Kier alpha value is -3.23. The Kier molecular flexibility index (Phi) is 5.19. The zero-order valence-corrected chi connectivity index (χ0v) is 18.2. The van der Waals surface area contributed by atoms with Crippen LogP contribution in [0.1, 0.15) is 18.4 Å².